The summed E-state index contributed by atoms with van der Waals surface area (Å²) in [6, 6.07) is 9.26. The topological polar surface area (TPSA) is 74.2 Å². The number of thiocarbonyl (C=S) groups is 1. The molecular weight excluding hydrogens is 390 g/mol. The van der Waals surface area contributed by atoms with Gasteiger partial charge in [0.15, 0.2) is 5.11 Å². The highest BCUT2D eigenvalue weighted by Crippen LogP contribution is 2.38. The van der Waals surface area contributed by atoms with Crippen LogP contribution in [0.15, 0.2) is 24.3 Å². The molecule has 0 aliphatic heterocycles. The third kappa shape index (κ3) is 4.89. The molecule has 0 radical (unpaired) electrons. The Hall–Kier alpha value is -2.43. The van der Waals surface area contributed by atoms with Gasteiger partial charge in [0.1, 0.15) is 16.8 Å². The second kappa shape index (κ2) is 9.67. The Morgan fingerprint density at radius 3 is 2.79 bits per heavy atom. The lowest BCUT2D eigenvalue weighted by atomic mass is 10.1. The summed E-state index contributed by atoms with van der Waals surface area (Å²) in [5.74, 6) is 0.456. The van der Waals surface area contributed by atoms with Crippen molar-refractivity contribution in [2.45, 2.75) is 45.4 Å². The molecule has 5 nitrogen and oxygen atoms in total. The third-order valence-electron chi connectivity index (χ3n) is 4.62. The van der Waals surface area contributed by atoms with Gasteiger partial charge in [-0.1, -0.05) is 19.8 Å². The zero-order valence-electron chi connectivity index (χ0n) is 15.8. The lowest BCUT2D eigenvalue weighted by Crippen LogP contribution is -2.34. The highest BCUT2D eigenvalue weighted by molar-refractivity contribution is 7.80. The molecule has 0 fully saturated rings. The molecule has 3 rings (SSSR count). The normalized spacial score (nSPS) is 12.1. The summed E-state index contributed by atoms with van der Waals surface area (Å²) < 4.78 is 5.66. The van der Waals surface area contributed by atoms with E-state index in [4.69, 9.17) is 17.0 Å². The van der Waals surface area contributed by atoms with Crippen LogP contribution in [-0.2, 0) is 12.8 Å². The van der Waals surface area contributed by atoms with Crippen LogP contribution >= 0.6 is 23.6 Å². The first-order chi connectivity index (χ1) is 13.6. The number of anilines is 1. The van der Waals surface area contributed by atoms with Gasteiger partial charge >= 0.3 is 0 Å². The molecule has 1 aliphatic rings. The predicted octanol–water partition coefficient (Wildman–Crippen LogP) is 4.80. The molecule has 2 aromatic rings. The lowest BCUT2D eigenvalue weighted by molar-refractivity contribution is 0.0977. The summed E-state index contributed by atoms with van der Waals surface area (Å²) in [4.78, 5) is 13.6. The van der Waals surface area contributed by atoms with Crippen molar-refractivity contribution >= 4 is 39.6 Å². The van der Waals surface area contributed by atoms with Gasteiger partial charge in [-0.2, -0.15) is 5.26 Å². The number of carbonyl (C=O) groups is 1. The van der Waals surface area contributed by atoms with Crippen LogP contribution in [0.2, 0.25) is 0 Å². The number of unbranched alkanes of at least 4 members (excludes halogenated alkanes) is 2. The van der Waals surface area contributed by atoms with Crippen LogP contribution < -0.4 is 15.4 Å². The Morgan fingerprint density at radius 1 is 1.29 bits per heavy atom. The number of fused-ring (bicyclic) bond motifs is 1. The molecular formula is C21H23N3O2S2. The number of nitrogens with zero attached hydrogens (tertiary/aromatic N) is 1. The number of hydrogen-bond donors (Lipinski definition) is 2. The van der Waals surface area contributed by atoms with Gasteiger partial charge < -0.3 is 10.1 Å². The van der Waals surface area contributed by atoms with E-state index in [9.17, 15) is 10.1 Å². The minimum Gasteiger partial charge on any atom is -0.494 e. The maximum atomic E-state index is 12.4. The van der Waals surface area contributed by atoms with Gasteiger partial charge in [0.25, 0.3) is 5.91 Å². The molecule has 0 spiro atoms. The van der Waals surface area contributed by atoms with Crippen LogP contribution in [0.4, 0.5) is 5.00 Å². The number of ether oxygens (including phenoxy) is 1. The first-order valence-corrected chi connectivity index (χ1v) is 10.7. The number of rotatable bonds is 7. The molecule has 1 aromatic heterocycles. The molecule has 1 heterocycles. The summed E-state index contributed by atoms with van der Waals surface area (Å²) in [5.41, 5.74) is 2.27. The van der Waals surface area contributed by atoms with E-state index in [1.54, 1.807) is 35.6 Å². The van der Waals surface area contributed by atoms with E-state index in [0.717, 1.165) is 49.8 Å². The zero-order valence-corrected chi connectivity index (χ0v) is 17.5. The van der Waals surface area contributed by atoms with Gasteiger partial charge in [-0.3, -0.25) is 10.1 Å². The van der Waals surface area contributed by atoms with Gasteiger partial charge in [-0.25, -0.2) is 0 Å². The summed E-state index contributed by atoms with van der Waals surface area (Å²) >= 11 is 6.81. The molecule has 0 unspecified atom stereocenters. The molecule has 0 saturated heterocycles. The fourth-order valence-corrected chi connectivity index (χ4v) is 4.67. The van der Waals surface area contributed by atoms with Crippen LogP contribution in [0.3, 0.4) is 0 Å². The monoisotopic (exact) mass is 413 g/mol. The average molecular weight is 414 g/mol. The number of amides is 1. The zero-order chi connectivity index (χ0) is 19.9. The fourth-order valence-electron chi connectivity index (χ4n) is 3.16. The van der Waals surface area contributed by atoms with Crippen LogP contribution in [0, 0.1) is 11.3 Å². The molecule has 1 amide bonds. The van der Waals surface area contributed by atoms with Crippen molar-refractivity contribution in [3.63, 3.8) is 0 Å². The molecule has 0 atom stereocenters. The highest BCUT2D eigenvalue weighted by Gasteiger charge is 2.22. The summed E-state index contributed by atoms with van der Waals surface area (Å²) in [6.07, 6.45) is 6.35. The van der Waals surface area contributed by atoms with Crippen molar-refractivity contribution in [1.29, 1.82) is 5.26 Å². The standard InChI is InChI=1S/C21H23N3O2S2/c1-2-3-4-12-26-15-10-8-14(9-11-15)19(25)23-21(27)24-20-17(13-22)16-6-5-7-18(16)28-20/h8-11H,2-7,12H2,1H3,(H2,23,24,25,27). The first-order valence-electron chi connectivity index (χ1n) is 9.52. The Labute approximate surface area is 174 Å². The van der Waals surface area contributed by atoms with E-state index in [1.165, 1.54) is 4.88 Å². The van der Waals surface area contributed by atoms with Crippen molar-refractivity contribution in [3.05, 3.63) is 45.8 Å². The third-order valence-corrected chi connectivity index (χ3v) is 6.03. The Balaban J connectivity index is 1.55. The summed E-state index contributed by atoms with van der Waals surface area (Å²) in [7, 11) is 0. The number of benzene rings is 1. The van der Waals surface area contributed by atoms with Crippen LogP contribution in [0.1, 0.15) is 59.0 Å². The maximum absolute atomic E-state index is 12.4. The first kappa shape index (κ1) is 20.3. The largest absolute Gasteiger partial charge is 0.494 e. The van der Waals surface area contributed by atoms with Gasteiger partial charge in [-0.05, 0) is 67.7 Å². The van der Waals surface area contributed by atoms with Crippen molar-refractivity contribution in [2.24, 2.45) is 0 Å². The lowest BCUT2D eigenvalue weighted by Gasteiger charge is -2.10. The second-order valence-electron chi connectivity index (χ2n) is 6.66. The minimum absolute atomic E-state index is 0.196. The molecule has 1 aromatic carbocycles. The molecule has 0 bridgehead atoms. The highest BCUT2D eigenvalue weighted by atomic mass is 32.1. The molecule has 28 heavy (non-hydrogen) atoms. The smallest absolute Gasteiger partial charge is 0.257 e. The molecule has 146 valence electrons. The van der Waals surface area contributed by atoms with Crippen molar-refractivity contribution in [2.75, 3.05) is 11.9 Å². The maximum Gasteiger partial charge on any atom is 0.257 e. The number of carbonyl (C=O) groups excluding carboxylic acids is 1. The van der Waals surface area contributed by atoms with Crippen molar-refractivity contribution in [3.8, 4) is 11.8 Å². The van der Waals surface area contributed by atoms with Gasteiger partial charge in [0.2, 0.25) is 0 Å². The van der Waals surface area contributed by atoms with E-state index in [1.807, 2.05) is 0 Å². The number of nitrogens with one attached hydrogen (secondary N) is 2. The number of nitriles is 1. The van der Waals surface area contributed by atoms with E-state index < -0.39 is 0 Å². The number of hydrogen-bond acceptors (Lipinski definition) is 5. The van der Waals surface area contributed by atoms with E-state index in [-0.39, 0.29) is 11.0 Å². The predicted molar refractivity (Wildman–Crippen MR) is 116 cm³/mol. The summed E-state index contributed by atoms with van der Waals surface area (Å²) in [5, 5.41) is 16.0. The Morgan fingerprint density at radius 2 is 2.07 bits per heavy atom. The number of aryl methyl sites for hydroxylation is 1. The van der Waals surface area contributed by atoms with Crippen molar-refractivity contribution in [1.82, 2.24) is 5.32 Å². The molecule has 0 saturated carbocycles. The SMILES string of the molecule is CCCCCOc1ccc(C(=O)NC(=S)Nc2sc3c(c2C#N)CCC3)cc1. The Bertz CT molecular complexity index is 898. The molecule has 1 aliphatic carbocycles. The molecule has 2 N–H and O–H groups in total. The van der Waals surface area contributed by atoms with Gasteiger partial charge in [0, 0.05) is 10.4 Å². The molecule has 7 heteroatoms. The van der Waals surface area contributed by atoms with Crippen LogP contribution in [0.25, 0.3) is 0 Å². The summed E-state index contributed by atoms with van der Waals surface area (Å²) in [6.45, 7) is 2.83. The van der Waals surface area contributed by atoms with E-state index >= 15 is 0 Å². The van der Waals surface area contributed by atoms with Crippen molar-refractivity contribution < 1.29 is 9.53 Å². The van der Waals surface area contributed by atoms with Crippen LogP contribution in [-0.4, -0.2) is 17.6 Å². The quantitative estimate of drug-likeness (QED) is 0.504. The fraction of sp³-hybridized carbons (Fsp3) is 0.381. The van der Waals surface area contributed by atoms with E-state index in [2.05, 4.69) is 23.6 Å². The van der Waals surface area contributed by atoms with Gasteiger partial charge in [0.05, 0.1) is 12.2 Å². The number of thiophene rings is 1. The minimum atomic E-state index is -0.294. The van der Waals surface area contributed by atoms with Gasteiger partial charge in [-0.15, -0.1) is 11.3 Å². The Kier molecular flexibility index (Phi) is 7.01. The van der Waals surface area contributed by atoms with Crippen LogP contribution in [0.5, 0.6) is 5.75 Å². The average Bonchev–Trinajstić information content (AvgIpc) is 3.26. The second-order valence-corrected chi connectivity index (χ2v) is 8.17. The van der Waals surface area contributed by atoms with E-state index in [0.29, 0.717) is 22.7 Å².